The molecule has 144 heavy (non-hydrogen) atoms. The molecule has 0 spiro atoms. The van der Waals surface area contributed by atoms with E-state index in [2.05, 4.69) is 247 Å². The predicted molar refractivity (Wildman–Crippen MR) is 613 cm³/mol. The molecule has 13 rings (SSSR count). The Balaban J connectivity index is 0.000000362. The van der Waals surface area contributed by atoms with Crippen LogP contribution in [0, 0.1) is 29.6 Å². The van der Waals surface area contributed by atoms with Gasteiger partial charge in [0, 0.05) is 167 Å². The van der Waals surface area contributed by atoms with Crippen LogP contribution in [0.15, 0.2) is 36.5 Å². The highest BCUT2D eigenvalue weighted by atomic mass is 127. The molecule has 822 valence electrons. The lowest BCUT2D eigenvalue weighted by atomic mass is 9.93. The van der Waals surface area contributed by atoms with Crippen LogP contribution >= 0.6 is 115 Å². The van der Waals surface area contributed by atoms with Gasteiger partial charge in [0.25, 0.3) is 0 Å². The number of piperidine rings is 5. The molecule has 0 radical (unpaired) electrons. The van der Waals surface area contributed by atoms with Crippen LogP contribution in [0.1, 0.15) is 242 Å². The molecule has 0 saturated carbocycles. The van der Waals surface area contributed by atoms with Crippen LogP contribution in [0.3, 0.4) is 0 Å². The fraction of sp³-hybridized carbons (Fsp3) is 0.772. The number of carbonyl (C=O) groups is 3. The Morgan fingerprint density at radius 3 is 0.958 bits per heavy atom. The Kier molecular flexibility index (Phi) is 53.4. The summed E-state index contributed by atoms with van der Waals surface area (Å²) in [6, 6.07) is 8.95. The first-order chi connectivity index (χ1) is 66.4. The number of ether oxygens (including phenoxy) is 3. The zero-order chi connectivity index (χ0) is 109. The predicted octanol–water partition coefficient (Wildman–Crippen LogP) is 26.6. The molecule has 8 saturated heterocycles. The fourth-order valence-corrected chi connectivity index (χ4v) is 20.0. The number of alkyl halides is 2. The minimum atomic E-state index is -1.72. The van der Waals surface area contributed by atoms with Crippen molar-refractivity contribution in [2.24, 2.45) is 29.6 Å². The summed E-state index contributed by atoms with van der Waals surface area (Å²) in [4.78, 5) is 50.3. The highest BCUT2D eigenvalue weighted by Crippen LogP contribution is 2.44. The van der Waals surface area contributed by atoms with Gasteiger partial charge in [0.15, 0.2) is 61.0 Å². The van der Waals surface area contributed by atoms with Gasteiger partial charge >= 0.3 is 18.3 Å². The molecule has 0 bridgehead atoms. The number of nitrogens with one attached hydrogen (secondary N) is 1. The molecule has 0 aliphatic carbocycles. The number of amides is 3. The smallest absolute Gasteiger partial charge is 0.410 e. The summed E-state index contributed by atoms with van der Waals surface area (Å²) < 4.78 is 51.6. The first-order valence-corrected chi connectivity index (χ1v) is 66.7. The molecule has 13 heterocycles. The highest BCUT2D eigenvalue weighted by Gasteiger charge is 2.45. The van der Waals surface area contributed by atoms with Crippen molar-refractivity contribution in [3.8, 4) is 0 Å². The normalized spacial score (nSPS) is 17.8. The molecule has 0 unspecified atom stereocenters. The summed E-state index contributed by atoms with van der Waals surface area (Å²) in [6.07, 6.45) is 11.9. The summed E-state index contributed by atoms with van der Waals surface area (Å²) in [5, 5.41) is 64.1. The van der Waals surface area contributed by atoms with Gasteiger partial charge in [0.05, 0.1) is 53.9 Å². The Hall–Kier alpha value is -3.98. The number of aliphatic hydroxyl groups is 2. The molecule has 3 amide bonds. The third-order valence-electron chi connectivity index (χ3n) is 28.4. The van der Waals surface area contributed by atoms with Crippen LogP contribution in [0.2, 0.25) is 120 Å². The van der Waals surface area contributed by atoms with E-state index in [0.717, 1.165) is 197 Å². The Bertz CT molecular complexity index is 4690. The van der Waals surface area contributed by atoms with Gasteiger partial charge in [0.2, 0.25) is 0 Å². The number of likely N-dealkylation sites (tertiary alicyclic amines) is 3. The van der Waals surface area contributed by atoms with Crippen molar-refractivity contribution in [2.75, 3.05) is 165 Å². The molecule has 0 atom stereocenters. The van der Waals surface area contributed by atoms with E-state index >= 15 is 0 Å². The zero-order valence-electron chi connectivity index (χ0n) is 92.2. The summed E-state index contributed by atoms with van der Waals surface area (Å²) in [5.74, 6) is 3.16. The molecule has 8 fully saturated rings. The van der Waals surface area contributed by atoms with Crippen LogP contribution in [0.25, 0.3) is 0 Å². The van der Waals surface area contributed by atoms with E-state index in [0.29, 0.717) is 102 Å². The Morgan fingerprint density at radius 2 is 0.674 bits per heavy atom. The maximum Gasteiger partial charge on any atom is 0.410 e. The lowest BCUT2D eigenvalue weighted by Crippen LogP contribution is -2.52. The van der Waals surface area contributed by atoms with Crippen molar-refractivity contribution in [3.63, 3.8) is 0 Å². The van der Waals surface area contributed by atoms with Crippen LogP contribution in [0.4, 0.5) is 41.5 Å². The van der Waals surface area contributed by atoms with Crippen LogP contribution in [-0.4, -0.2) is 293 Å². The number of aliphatic hydroxyl groups excluding tert-OH is 2. The van der Waals surface area contributed by atoms with E-state index in [-0.39, 0.29) is 75.2 Å². The second kappa shape index (κ2) is 58.9. The molecule has 0 aromatic carbocycles. The van der Waals surface area contributed by atoms with E-state index in [1.807, 2.05) is 68.4 Å². The molecular weight excluding hydrogens is 2180 g/mol. The van der Waals surface area contributed by atoms with E-state index < -0.39 is 51.4 Å². The number of halogens is 10. The maximum atomic E-state index is 12.3. The minimum absolute atomic E-state index is 0. The van der Waals surface area contributed by atoms with Crippen molar-refractivity contribution in [1.29, 1.82) is 0 Å². The molecular formula is C101H176Cl8FIN18O11Si4. The van der Waals surface area contributed by atoms with Gasteiger partial charge in [0.1, 0.15) is 16.8 Å². The fourth-order valence-electron chi connectivity index (χ4n) is 14.5. The summed E-state index contributed by atoms with van der Waals surface area (Å²) in [6.45, 7) is 82.8. The maximum absolute atomic E-state index is 12.3. The van der Waals surface area contributed by atoms with Crippen molar-refractivity contribution in [3.05, 3.63) is 89.0 Å². The topological polar surface area (TPSA) is 311 Å². The van der Waals surface area contributed by atoms with E-state index in [1.54, 1.807) is 33.0 Å². The van der Waals surface area contributed by atoms with Gasteiger partial charge in [-0.25, -0.2) is 14.4 Å². The van der Waals surface area contributed by atoms with Crippen LogP contribution in [0.5, 0.6) is 0 Å². The number of anilines is 4. The van der Waals surface area contributed by atoms with Crippen molar-refractivity contribution >= 4 is 189 Å². The van der Waals surface area contributed by atoms with Gasteiger partial charge in [-0.15, -0.1) is 35.7 Å². The van der Waals surface area contributed by atoms with Crippen molar-refractivity contribution < 1.29 is 57.8 Å². The molecule has 8 aliphatic heterocycles. The summed E-state index contributed by atoms with van der Waals surface area (Å²) >= 11 is 48.7. The lowest BCUT2D eigenvalue weighted by molar-refractivity contribution is 0.00691. The SMILES string of the molecule is C.CC(C)(C)OC(=O)N1CC(I)C1.CC(C)(C)OC(=O)N1CC(c2nnc(Cl)cc2N2CCC(CO[Si](C)(C)C(C)(C)C)CC2)C1.CC(C)(C)OC(=O)N1CC(c2nnccc2N2CCC(CO[Si](C)(C)C(C)(C)C)CC2)C1.CC(C)(C)[Si](C)(C)C.CC(C)(C)[Si](C)(C)OCC1CCN(c2cc(Cl)nnc2Cl)CC1.Clc1cc(Cl)c(Cl)nn1.OCC1CCN(c2cc(Cl)nnc2Cl)CC1.OCC1CCNCC1.[2H]CF. The minimum Gasteiger partial charge on any atom is -0.444 e. The van der Waals surface area contributed by atoms with Gasteiger partial charge in [-0.3, -0.25) is 4.39 Å². The van der Waals surface area contributed by atoms with Crippen molar-refractivity contribution in [2.45, 2.75) is 329 Å². The number of aromatic nitrogens is 10. The molecule has 8 aliphatic rings. The Labute approximate surface area is 922 Å². The van der Waals surface area contributed by atoms with Gasteiger partial charge in [-0.1, -0.05) is 226 Å². The van der Waals surface area contributed by atoms with Gasteiger partial charge < -0.3 is 77.3 Å². The second-order valence-electron chi connectivity index (χ2n) is 47.9. The number of hydrogen-bond donors (Lipinski definition) is 3. The van der Waals surface area contributed by atoms with Crippen LogP contribution in [-0.2, 0) is 27.5 Å². The van der Waals surface area contributed by atoms with Gasteiger partial charge in [-0.05, 0) is 241 Å². The third-order valence-corrected chi connectivity index (χ3v) is 49.1. The van der Waals surface area contributed by atoms with Crippen LogP contribution < -0.4 is 24.9 Å². The largest absolute Gasteiger partial charge is 0.444 e. The molecule has 43 heteroatoms. The van der Waals surface area contributed by atoms with E-state index in [4.69, 9.17) is 132 Å². The number of carbonyl (C=O) groups excluding carboxylic acids is 3. The standard InChI is InChI=1S/C24H41ClN4O3Si.C24H42N4O3Si.C16H27Cl2N3OSi.C10H13Cl2N3O.C8H14INO2.C7H18Si.C6H13NO.C4HCl3N2.CH3F.CH4/c1-23(2,3)32-22(30)29-14-18(15-29)21-19(13-20(25)26-27-21)28-11-9-17(10-12-28)16-31-33(7,8)24(4,5)6;1-23(2,3)31-22(29)28-15-19(16-28)21-20(9-12-25-26-21)27-13-10-18(11-14-27)17-30-32(7,8)24(4,5)6;1-16(2,3)23(4,5)22-11-12-6-8-21(9-7-12)13-10-14(17)19-20-15(13)18;11-9-5-8(10(12)14-13-9)15-3-1-7(6-16)2-4-15;1-8(2,3)12-7(11)10-4-6(9)5-10;1-7(2,3)8(4,5)6;8-5-6-1-3-7-4-2-6;5-2-1-3(6)8-9-4(2)7;1-2;/h13,17-18H,9-12,14-16H2,1-8H3;9,12,18-19H,10-11,13-17H2,1-8H3;10,12H,6-9,11H2,1-5H3;5,7,16H,1-4,6H2;6H,4-5H2,1-3H3;1-6H3;6-8H,1-5H2;1H;1H3;1H4/i;;;;;;;;1D;. The zero-order valence-corrected chi connectivity index (χ0v) is 103. The monoisotopic (exact) mass is 2360 g/mol. The first-order valence-electron chi connectivity index (χ1n) is 51.0. The first kappa shape index (κ1) is 130. The Morgan fingerprint density at radius 1 is 0.403 bits per heavy atom. The number of nitrogens with zero attached hydrogens (tertiary/aromatic N) is 17. The third kappa shape index (κ3) is 45.0. The molecule has 29 nitrogen and oxygen atoms in total. The molecule has 5 aromatic rings. The van der Waals surface area contributed by atoms with E-state index in [1.165, 1.54) is 6.07 Å². The molecule has 5 aromatic heterocycles. The summed E-state index contributed by atoms with van der Waals surface area (Å²) in [7, 11) is -6.93. The number of hydrogen-bond acceptors (Lipinski definition) is 26. The molecule has 3 N–H and O–H groups in total. The average Bonchev–Trinajstić information content (AvgIpc) is 0.779. The van der Waals surface area contributed by atoms with Crippen molar-refractivity contribution in [1.82, 2.24) is 71.0 Å². The summed E-state index contributed by atoms with van der Waals surface area (Å²) in [5.41, 5.74) is 4.52. The average molecular weight is 2360 g/mol. The van der Waals surface area contributed by atoms with Gasteiger partial charge in [-0.2, -0.15) is 15.3 Å². The van der Waals surface area contributed by atoms with E-state index in [9.17, 15) is 18.8 Å². The highest BCUT2D eigenvalue weighted by molar-refractivity contribution is 14.1. The second-order valence-corrected chi connectivity index (χ2v) is 73.1. The number of rotatable bonds is 17. The lowest BCUT2D eigenvalue weighted by Gasteiger charge is -2.42. The quantitative estimate of drug-likeness (QED) is 0.0337.